The van der Waals surface area contributed by atoms with Crippen molar-refractivity contribution in [1.29, 1.82) is 0 Å². The zero-order valence-corrected chi connectivity index (χ0v) is 29.7. The van der Waals surface area contributed by atoms with Crippen LogP contribution < -0.4 is 41.4 Å². The highest BCUT2D eigenvalue weighted by Crippen LogP contribution is 2.39. The molecule has 0 saturated heterocycles. The Kier molecular flexibility index (Phi) is 15.7. The summed E-state index contributed by atoms with van der Waals surface area (Å²) in [5.74, 6) is -1.48. The number of anilines is 4. The number of esters is 2. The second-order valence-corrected chi connectivity index (χ2v) is 12.3. The quantitative estimate of drug-likeness (QED) is 0.0661. The van der Waals surface area contributed by atoms with Crippen molar-refractivity contribution < 1.29 is 47.7 Å². The molecular formula is C36H48N6O10. The van der Waals surface area contributed by atoms with Gasteiger partial charge in [0, 0.05) is 49.2 Å². The van der Waals surface area contributed by atoms with E-state index in [4.69, 9.17) is 18.9 Å². The van der Waals surface area contributed by atoms with Crippen LogP contribution in [0.3, 0.4) is 0 Å². The van der Waals surface area contributed by atoms with Gasteiger partial charge in [-0.1, -0.05) is 0 Å². The van der Waals surface area contributed by atoms with Crippen molar-refractivity contribution in [3.63, 3.8) is 0 Å². The van der Waals surface area contributed by atoms with E-state index in [2.05, 4.69) is 31.9 Å². The van der Waals surface area contributed by atoms with Crippen molar-refractivity contribution in [3.8, 4) is 11.5 Å². The van der Waals surface area contributed by atoms with E-state index in [-0.39, 0.29) is 36.8 Å². The number of amides is 4. The molecule has 0 aliphatic carbocycles. The molecule has 0 bridgehead atoms. The molecular weight excluding hydrogens is 676 g/mol. The first-order chi connectivity index (χ1) is 25.1. The molecule has 16 heteroatoms. The van der Waals surface area contributed by atoms with Crippen LogP contribution in [0.4, 0.5) is 22.7 Å². The van der Waals surface area contributed by atoms with Crippen LogP contribution in [0.5, 0.6) is 11.5 Å². The van der Waals surface area contributed by atoms with Crippen LogP contribution in [0.15, 0.2) is 24.3 Å². The Balaban J connectivity index is 1.00. The van der Waals surface area contributed by atoms with Gasteiger partial charge in [0.15, 0.2) is 0 Å². The van der Waals surface area contributed by atoms with Crippen molar-refractivity contribution >= 4 is 58.3 Å². The Morgan fingerprint density at radius 2 is 0.962 bits per heavy atom. The number of fused-ring (bicyclic) bond motifs is 2. The minimum atomic E-state index is -1.03. The fraction of sp³-hybridized carbons (Fsp3) is 0.500. The normalized spacial score (nSPS) is 13.1. The number of hydrogen-bond acceptors (Lipinski definition) is 12. The van der Waals surface area contributed by atoms with E-state index >= 15 is 0 Å². The van der Waals surface area contributed by atoms with Crippen LogP contribution in [-0.4, -0.2) is 88.2 Å². The van der Waals surface area contributed by atoms with Crippen molar-refractivity contribution in [2.75, 3.05) is 73.9 Å². The molecule has 0 fully saturated rings. The monoisotopic (exact) mass is 724 g/mol. The van der Waals surface area contributed by atoms with Crippen LogP contribution in [0.25, 0.3) is 0 Å². The molecule has 2 aliphatic heterocycles. The third-order valence-corrected chi connectivity index (χ3v) is 8.01. The molecule has 2 aromatic rings. The van der Waals surface area contributed by atoms with E-state index in [1.807, 2.05) is 0 Å². The molecule has 0 saturated carbocycles. The summed E-state index contributed by atoms with van der Waals surface area (Å²) in [5.41, 5.74) is 4.21. The van der Waals surface area contributed by atoms with E-state index in [1.54, 1.807) is 24.3 Å². The van der Waals surface area contributed by atoms with E-state index < -0.39 is 11.9 Å². The van der Waals surface area contributed by atoms with Crippen LogP contribution >= 0.6 is 0 Å². The largest absolute Gasteiger partial charge is 0.491 e. The van der Waals surface area contributed by atoms with Gasteiger partial charge in [-0.2, -0.15) is 0 Å². The Morgan fingerprint density at radius 3 is 1.35 bits per heavy atom. The summed E-state index contributed by atoms with van der Waals surface area (Å²) in [6.45, 7) is 6.13. The van der Waals surface area contributed by atoms with Crippen molar-refractivity contribution in [2.24, 2.45) is 0 Å². The molecule has 16 nitrogen and oxygen atoms in total. The summed E-state index contributed by atoms with van der Waals surface area (Å²) in [6, 6.07) is 6.94. The maximum Gasteiger partial charge on any atom is 0.417 e. The lowest BCUT2D eigenvalue weighted by atomic mass is 10.0. The maximum absolute atomic E-state index is 12.0. The van der Waals surface area contributed by atoms with E-state index in [1.165, 1.54) is 13.8 Å². The molecule has 0 aromatic heterocycles. The van der Waals surface area contributed by atoms with Gasteiger partial charge in [-0.15, -0.1) is 0 Å². The highest BCUT2D eigenvalue weighted by molar-refractivity contribution is 6.29. The van der Waals surface area contributed by atoms with Crippen molar-refractivity contribution in [3.05, 3.63) is 35.4 Å². The first kappa shape index (κ1) is 39.6. The number of benzene rings is 2. The predicted octanol–water partition coefficient (Wildman–Crippen LogP) is 2.66. The minimum absolute atomic E-state index is 0.0554. The lowest BCUT2D eigenvalue weighted by molar-refractivity contribution is -0.167. The molecule has 282 valence electrons. The lowest BCUT2D eigenvalue weighted by Gasteiger charge is -2.22. The summed E-state index contributed by atoms with van der Waals surface area (Å²) in [6.07, 6.45) is 4.09. The molecule has 2 aromatic carbocycles. The fourth-order valence-electron chi connectivity index (χ4n) is 5.63. The highest BCUT2D eigenvalue weighted by atomic mass is 16.6. The highest BCUT2D eigenvalue weighted by Gasteiger charge is 2.23. The van der Waals surface area contributed by atoms with Gasteiger partial charge in [-0.25, -0.2) is 9.59 Å². The molecule has 4 rings (SSSR count). The number of ether oxygens (including phenoxy) is 4. The predicted molar refractivity (Wildman–Crippen MR) is 193 cm³/mol. The number of nitrogens with one attached hydrogen (secondary N) is 6. The van der Waals surface area contributed by atoms with E-state index in [0.29, 0.717) is 125 Å². The van der Waals surface area contributed by atoms with Gasteiger partial charge < -0.3 is 50.8 Å². The second kappa shape index (κ2) is 20.6. The summed E-state index contributed by atoms with van der Waals surface area (Å²) in [7, 11) is 0. The summed E-state index contributed by atoms with van der Waals surface area (Å²) in [5, 5.41) is 17.7. The summed E-state index contributed by atoms with van der Waals surface area (Å²) in [4.78, 5) is 70.7. The van der Waals surface area contributed by atoms with Gasteiger partial charge in [-0.05, 0) is 89.0 Å². The van der Waals surface area contributed by atoms with E-state index in [0.717, 1.165) is 11.1 Å². The Labute approximate surface area is 302 Å². The molecule has 6 N–H and O–H groups in total. The zero-order valence-electron chi connectivity index (χ0n) is 29.7. The Bertz CT molecular complexity index is 1500. The van der Waals surface area contributed by atoms with Crippen LogP contribution in [0, 0.1) is 0 Å². The van der Waals surface area contributed by atoms with Crippen molar-refractivity contribution in [1.82, 2.24) is 10.6 Å². The molecule has 4 amide bonds. The Morgan fingerprint density at radius 1 is 0.577 bits per heavy atom. The SMILES string of the molecule is CC(=O)Nc1ccc2c(c1OCCCNCCCOC(=O)C(=O)OCCCNCCCOc1c(NC(C)=O)ccc3c1CCC(=O)N3)CCC(=O)N2. The summed E-state index contributed by atoms with van der Waals surface area (Å²) < 4.78 is 22.0. The van der Waals surface area contributed by atoms with Crippen LogP contribution in [0.2, 0.25) is 0 Å². The maximum atomic E-state index is 12.0. The van der Waals surface area contributed by atoms with Gasteiger partial charge in [0.05, 0.1) is 37.8 Å². The smallest absolute Gasteiger partial charge is 0.417 e. The zero-order chi connectivity index (χ0) is 37.3. The van der Waals surface area contributed by atoms with Gasteiger partial charge >= 0.3 is 11.9 Å². The van der Waals surface area contributed by atoms with E-state index in [9.17, 15) is 28.8 Å². The number of carbonyl (C=O) groups excluding carboxylic acids is 6. The number of hydrogen-bond donors (Lipinski definition) is 6. The molecule has 0 atom stereocenters. The number of rotatable bonds is 20. The van der Waals surface area contributed by atoms with Crippen LogP contribution in [-0.2, 0) is 51.1 Å². The molecule has 2 heterocycles. The first-order valence-electron chi connectivity index (χ1n) is 17.6. The lowest BCUT2D eigenvalue weighted by Crippen LogP contribution is -2.25. The topological polar surface area (TPSA) is 212 Å². The molecule has 52 heavy (non-hydrogen) atoms. The molecule has 2 aliphatic rings. The third-order valence-electron chi connectivity index (χ3n) is 8.01. The molecule has 0 radical (unpaired) electrons. The average Bonchev–Trinajstić information content (AvgIpc) is 3.10. The van der Waals surface area contributed by atoms with Crippen LogP contribution in [0.1, 0.15) is 63.5 Å². The third kappa shape index (κ3) is 12.5. The Hall–Kier alpha value is -5.22. The summed E-state index contributed by atoms with van der Waals surface area (Å²) >= 11 is 0. The van der Waals surface area contributed by atoms with Gasteiger partial charge in [0.25, 0.3) is 0 Å². The standard InChI is InChI=1S/C36H48N6O10/c1-23(43)39-29-11-9-27-25(7-13-31(45)41-27)33(29)49-19-3-15-37-17-5-21-51-35(47)36(48)52-22-6-18-38-16-4-20-50-34-26-8-14-32(46)42-28(26)10-12-30(34)40-24(2)44/h9-12,37-38H,3-8,13-22H2,1-2H3,(H,39,43)(H,40,44)(H,41,45)(H,42,46). The first-order valence-corrected chi connectivity index (χ1v) is 17.6. The minimum Gasteiger partial charge on any atom is -0.491 e. The second-order valence-electron chi connectivity index (χ2n) is 12.3. The fourth-order valence-corrected chi connectivity index (χ4v) is 5.63. The molecule has 0 unspecified atom stereocenters. The van der Waals surface area contributed by atoms with Gasteiger partial charge in [0.1, 0.15) is 11.5 Å². The van der Waals surface area contributed by atoms with Gasteiger partial charge in [0.2, 0.25) is 23.6 Å². The van der Waals surface area contributed by atoms with Gasteiger partial charge in [-0.3, -0.25) is 19.2 Å². The van der Waals surface area contributed by atoms with Crippen molar-refractivity contribution in [2.45, 2.75) is 65.2 Å². The molecule has 0 spiro atoms. The number of carbonyl (C=O) groups is 6. The average molecular weight is 725 g/mol.